The molecular weight excluding hydrogens is 240 g/mol. The number of rotatable bonds is 2. The number of imide groups is 1. The fourth-order valence-electron chi connectivity index (χ4n) is 0.749. The summed E-state index contributed by atoms with van der Waals surface area (Å²) in [7, 11) is 0. The van der Waals surface area contributed by atoms with E-state index in [0.29, 0.717) is 0 Å². The number of urea groups is 1. The lowest BCUT2D eigenvalue weighted by atomic mass is 10.6. The number of nitrogens with one attached hydrogen (secondary N) is 1. The summed E-state index contributed by atoms with van der Waals surface area (Å²) in [6.07, 6.45) is 3.15. The number of carbonyl (C=O) groups excluding carboxylic acids is 2. The number of nitrogens with two attached hydrogens (primary N) is 1. The van der Waals surface area contributed by atoms with E-state index in [4.69, 9.17) is 5.73 Å². The van der Waals surface area contributed by atoms with Gasteiger partial charge in [0.05, 0.1) is 10.7 Å². The zero-order valence-electron chi connectivity index (χ0n) is 6.53. The van der Waals surface area contributed by atoms with Crippen LogP contribution in [-0.2, 0) is 11.3 Å². The zero-order chi connectivity index (χ0) is 9.84. The molecule has 0 fully saturated rings. The Kier molecular flexibility index (Phi) is 3.02. The molecule has 13 heavy (non-hydrogen) atoms. The first kappa shape index (κ1) is 9.72. The van der Waals surface area contributed by atoms with Gasteiger partial charge in [0.25, 0.3) is 0 Å². The van der Waals surface area contributed by atoms with E-state index >= 15 is 0 Å². The summed E-state index contributed by atoms with van der Waals surface area (Å²) in [4.78, 5) is 21.2. The number of hydrogen-bond donors (Lipinski definition) is 2. The Labute approximate surface area is 82.2 Å². The molecule has 7 heteroatoms. The van der Waals surface area contributed by atoms with E-state index in [9.17, 15) is 9.59 Å². The highest BCUT2D eigenvalue weighted by Crippen LogP contribution is 2.05. The van der Waals surface area contributed by atoms with Crippen LogP contribution in [0.5, 0.6) is 0 Å². The van der Waals surface area contributed by atoms with Gasteiger partial charge in [0.1, 0.15) is 6.54 Å². The number of amides is 3. The number of aromatic nitrogens is 2. The van der Waals surface area contributed by atoms with Crippen LogP contribution < -0.4 is 11.1 Å². The van der Waals surface area contributed by atoms with Crippen LogP contribution >= 0.6 is 15.9 Å². The van der Waals surface area contributed by atoms with Crippen molar-refractivity contribution in [3.8, 4) is 0 Å². The quantitative estimate of drug-likeness (QED) is 0.760. The normalized spacial score (nSPS) is 9.62. The van der Waals surface area contributed by atoms with Gasteiger partial charge in [-0.1, -0.05) is 0 Å². The predicted molar refractivity (Wildman–Crippen MR) is 47.7 cm³/mol. The van der Waals surface area contributed by atoms with Gasteiger partial charge in [-0.3, -0.25) is 14.8 Å². The maximum Gasteiger partial charge on any atom is 0.318 e. The van der Waals surface area contributed by atoms with Crippen molar-refractivity contribution in [3.63, 3.8) is 0 Å². The first-order valence-electron chi connectivity index (χ1n) is 3.35. The van der Waals surface area contributed by atoms with E-state index in [1.165, 1.54) is 10.9 Å². The van der Waals surface area contributed by atoms with Crippen LogP contribution in [-0.4, -0.2) is 21.7 Å². The molecule has 1 aromatic rings. The molecule has 0 bridgehead atoms. The Morgan fingerprint density at radius 3 is 2.85 bits per heavy atom. The molecule has 1 rings (SSSR count). The largest absolute Gasteiger partial charge is 0.351 e. The maximum atomic E-state index is 10.9. The second kappa shape index (κ2) is 4.04. The van der Waals surface area contributed by atoms with E-state index in [2.05, 4.69) is 21.0 Å². The lowest BCUT2D eigenvalue weighted by Crippen LogP contribution is -2.37. The summed E-state index contributed by atoms with van der Waals surface area (Å²) in [6.45, 7) is -0.0332. The molecule has 0 unspecified atom stereocenters. The average Bonchev–Trinajstić information content (AvgIpc) is 2.33. The second-order valence-electron chi connectivity index (χ2n) is 2.27. The van der Waals surface area contributed by atoms with Crippen molar-refractivity contribution in [3.05, 3.63) is 16.9 Å². The van der Waals surface area contributed by atoms with Crippen LogP contribution in [0.25, 0.3) is 0 Å². The predicted octanol–water partition coefficient (Wildman–Crippen LogP) is -0.159. The van der Waals surface area contributed by atoms with Gasteiger partial charge in [-0.05, 0) is 15.9 Å². The zero-order valence-corrected chi connectivity index (χ0v) is 8.11. The molecule has 0 spiro atoms. The van der Waals surface area contributed by atoms with Crippen LogP contribution in [0.15, 0.2) is 16.9 Å². The maximum absolute atomic E-state index is 10.9. The van der Waals surface area contributed by atoms with Gasteiger partial charge in [-0.2, -0.15) is 5.10 Å². The fraction of sp³-hybridized carbons (Fsp3) is 0.167. The van der Waals surface area contributed by atoms with Crippen LogP contribution in [0.4, 0.5) is 4.79 Å². The Hall–Kier alpha value is -1.37. The van der Waals surface area contributed by atoms with Crippen LogP contribution in [0, 0.1) is 0 Å². The van der Waals surface area contributed by atoms with Crippen molar-refractivity contribution in [1.29, 1.82) is 0 Å². The molecule has 0 radical (unpaired) electrons. The van der Waals surface area contributed by atoms with Gasteiger partial charge in [-0.25, -0.2) is 4.79 Å². The molecule has 0 aliphatic heterocycles. The topological polar surface area (TPSA) is 90.0 Å². The highest BCUT2D eigenvalue weighted by molar-refractivity contribution is 9.10. The van der Waals surface area contributed by atoms with Gasteiger partial charge in [-0.15, -0.1) is 0 Å². The number of primary amides is 1. The van der Waals surface area contributed by atoms with E-state index in [1.807, 2.05) is 5.32 Å². The van der Waals surface area contributed by atoms with Crippen LogP contribution in [0.1, 0.15) is 0 Å². The first-order valence-corrected chi connectivity index (χ1v) is 4.14. The molecule has 1 aromatic heterocycles. The van der Waals surface area contributed by atoms with E-state index in [0.717, 1.165) is 4.47 Å². The minimum Gasteiger partial charge on any atom is -0.351 e. The van der Waals surface area contributed by atoms with Crippen molar-refractivity contribution >= 4 is 27.9 Å². The summed E-state index contributed by atoms with van der Waals surface area (Å²) in [6, 6.07) is -0.865. The van der Waals surface area contributed by atoms with Crippen molar-refractivity contribution in [2.24, 2.45) is 5.73 Å². The third kappa shape index (κ3) is 3.24. The smallest absolute Gasteiger partial charge is 0.318 e. The third-order valence-electron chi connectivity index (χ3n) is 1.17. The lowest BCUT2D eigenvalue weighted by Gasteiger charge is -1.99. The summed E-state index contributed by atoms with van der Waals surface area (Å²) < 4.78 is 2.14. The molecule has 70 valence electrons. The molecule has 0 aromatic carbocycles. The van der Waals surface area contributed by atoms with Crippen molar-refractivity contribution < 1.29 is 9.59 Å². The molecule has 3 amide bonds. The molecular formula is C6H7BrN4O2. The minimum atomic E-state index is -0.865. The average molecular weight is 247 g/mol. The van der Waals surface area contributed by atoms with Crippen LogP contribution in [0.2, 0.25) is 0 Å². The number of nitrogens with zero attached hydrogens (tertiary/aromatic N) is 2. The van der Waals surface area contributed by atoms with E-state index in [1.54, 1.807) is 6.20 Å². The summed E-state index contributed by atoms with van der Waals surface area (Å²) in [5.74, 6) is -0.497. The van der Waals surface area contributed by atoms with Crippen molar-refractivity contribution in [1.82, 2.24) is 15.1 Å². The summed E-state index contributed by atoms with van der Waals surface area (Å²) in [5, 5.41) is 5.74. The molecule has 3 N–H and O–H groups in total. The number of halogens is 1. The Balaban J connectivity index is 2.50. The Morgan fingerprint density at radius 2 is 2.38 bits per heavy atom. The van der Waals surface area contributed by atoms with Crippen molar-refractivity contribution in [2.45, 2.75) is 6.54 Å². The molecule has 0 saturated heterocycles. The van der Waals surface area contributed by atoms with Gasteiger partial charge in [0, 0.05) is 6.20 Å². The first-order chi connectivity index (χ1) is 6.08. The molecule has 0 saturated carbocycles. The lowest BCUT2D eigenvalue weighted by molar-refractivity contribution is -0.120. The van der Waals surface area contributed by atoms with Crippen LogP contribution in [0.3, 0.4) is 0 Å². The summed E-state index contributed by atoms with van der Waals surface area (Å²) >= 11 is 3.17. The van der Waals surface area contributed by atoms with Gasteiger partial charge in [0.15, 0.2) is 0 Å². The molecule has 0 aliphatic rings. The second-order valence-corrected chi connectivity index (χ2v) is 3.18. The summed E-state index contributed by atoms with van der Waals surface area (Å²) in [5.41, 5.74) is 4.74. The SMILES string of the molecule is NC(=O)NC(=O)Cn1cc(Br)cn1. The van der Waals surface area contributed by atoms with Gasteiger partial charge < -0.3 is 5.73 Å². The number of carbonyl (C=O) groups is 2. The molecule has 0 aliphatic carbocycles. The molecule has 0 atom stereocenters. The van der Waals surface area contributed by atoms with Crippen molar-refractivity contribution in [2.75, 3.05) is 0 Å². The minimum absolute atomic E-state index is 0.0332. The molecule has 1 heterocycles. The third-order valence-corrected chi connectivity index (χ3v) is 1.58. The Bertz CT molecular complexity index is 335. The van der Waals surface area contributed by atoms with E-state index < -0.39 is 11.9 Å². The fourth-order valence-corrected chi connectivity index (χ4v) is 1.08. The van der Waals surface area contributed by atoms with E-state index in [-0.39, 0.29) is 6.54 Å². The van der Waals surface area contributed by atoms with Gasteiger partial charge in [0.2, 0.25) is 5.91 Å². The highest BCUT2D eigenvalue weighted by atomic mass is 79.9. The molecule has 6 nitrogen and oxygen atoms in total. The van der Waals surface area contributed by atoms with Gasteiger partial charge >= 0.3 is 6.03 Å². The standard InChI is InChI=1S/C6H7BrN4O2/c7-4-1-9-11(2-4)3-5(12)10-6(8)13/h1-2H,3H2,(H3,8,10,12,13). The highest BCUT2D eigenvalue weighted by Gasteiger charge is 2.05. The Morgan fingerprint density at radius 1 is 1.69 bits per heavy atom. The monoisotopic (exact) mass is 246 g/mol. The number of hydrogen-bond acceptors (Lipinski definition) is 3.